The average Bonchev–Trinajstić information content (AvgIpc) is 1.94. The Morgan fingerprint density at radius 3 is 2.75 bits per heavy atom. The lowest BCUT2D eigenvalue weighted by molar-refractivity contribution is 0.627. The summed E-state index contributed by atoms with van der Waals surface area (Å²) in [5.74, 6) is -0.285. The fraction of sp³-hybridized carbons (Fsp3) is 0.143. The van der Waals surface area contributed by atoms with E-state index >= 15 is 0 Å². The molecule has 1 aromatic carbocycles. The van der Waals surface area contributed by atoms with Crippen LogP contribution in [0.15, 0.2) is 18.2 Å². The van der Waals surface area contributed by atoms with Gasteiger partial charge in [-0.3, -0.25) is 0 Å². The standard InChI is InChI=1S/C7H7FINOS/c1-12(11)10-7-3-2-5(8)4-6(7)9/h2-4,10H,1H3. The number of halogens is 2. The van der Waals surface area contributed by atoms with Gasteiger partial charge in [-0.05, 0) is 40.8 Å². The summed E-state index contributed by atoms with van der Waals surface area (Å²) in [6, 6.07) is 4.28. The van der Waals surface area contributed by atoms with E-state index in [9.17, 15) is 8.60 Å². The van der Waals surface area contributed by atoms with E-state index in [-0.39, 0.29) is 5.82 Å². The molecule has 2 nitrogen and oxygen atoms in total. The summed E-state index contributed by atoms with van der Waals surface area (Å²) < 4.78 is 26.8. The number of nitrogens with one attached hydrogen (secondary N) is 1. The van der Waals surface area contributed by atoms with Crippen LogP contribution in [-0.4, -0.2) is 10.5 Å². The maximum Gasteiger partial charge on any atom is 0.124 e. The van der Waals surface area contributed by atoms with Gasteiger partial charge in [0.15, 0.2) is 0 Å². The molecule has 5 heteroatoms. The summed E-state index contributed by atoms with van der Waals surface area (Å²) in [5.41, 5.74) is 0.692. The Bertz CT molecular complexity index is 318. The fourth-order valence-electron chi connectivity index (χ4n) is 0.727. The average molecular weight is 299 g/mol. The Balaban J connectivity index is 2.93. The normalized spacial score (nSPS) is 12.6. The SMILES string of the molecule is CS(=O)Nc1ccc(F)cc1I. The minimum atomic E-state index is -1.11. The first kappa shape index (κ1) is 9.91. The van der Waals surface area contributed by atoms with Crippen LogP contribution in [0.5, 0.6) is 0 Å². The van der Waals surface area contributed by atoms with Gasteiger partial charge in [-0.1, -0.05) is 0 Å². The van der Waals surface area contributed by atoms with Gasteiger partial charge < -0.3 is 4.72 Å². The van der Waals surface area contributed by atoms with E-state index < -0.39 is 11.0 Å². The molecule has 0 saturated heterocycles. The fourth-order valence-corrected chi connectivity index (χ4v) is 2.01. The molecule has 0 amide bonds. The molecule has 0 aliphatic rings. The molecule has 1 N–H and O–H groups in total. The van der Waals surface area contributed by atoms with Crippen LogP contribution in [0.3, 0.4) is 0 Å². The minimum absolute atomic E-state index is 0.285. The molecule has 1 aromatic rings. The Labute approximate surface area is 86.3 Å². The van der Waals surface area contributed by atoms with Gasteiger partial charge in [0, 0.05) is 9.83 Å². The molecule has 1 rings (SSSR count). The van der Waals surface area contributed by atoms with E-state index in [0.717, 1.165) is 3.57 Å². The Morgan fingerprint density at radius 2 is 2.25 bits per heavy atom. The van der Waals surface area contributed by atoms with Crippen LogP contribution < -0.4 is 4.72 Å². The molecule has 0 saturated carbocycles. The van der Waals surface area contributed by atoms with Crippen LogP contribution in [0.1, 0.15) is 0 Å². The van der Waals surface area contributed by atoms with Crippen molar-refractivity contribution in [3.05, 3.63) is 27.6 Å². The predicted octanol–water partition coefficient (Wildman–Crippen LogP) is 2.14. The maximum atomic E-state index is 12.6. The van der Waals surface area contributed by atoms with Crippen molar-refractivity contribution in [3.63, 3.8) is 0 Å². The van der Waals surface area contributed by atoms with Crippen molar-refractivity contribution in [2.45, 2.75) is 0 Å². The topological polar surface area (TPSA) is 29.1 Å². The number of hydrogen-bond donors (Lipinski definition) is 1. The molecule has 0 radical (unpaired) electrons. The van der Waals surface area contributed by atoms with Crippen LogP contribution in [0, 0.1) is 9.39 Å². The summed E-state index contributed by atoms with van der Waals surface area (Å²) in [7, 11) is -1.11. The highest BCUT2D eigenvalue weighted by molar-refractivity contribution is 14.1. The van der Waals surface area contributed by atoms with Crippen molar-refractivity contribution in [2.75, 3.05) is 11.0 Å². The first-order chi connectivity index (χ1) is 5.59. The van der Waals surface area contributed by atoms with Crippen molar-refractivity contribution >= 4 is 39.3 Å². The number of anilines is 1. The molecular formula is C7H7FINOS. The summed E-state index contributed by atoms with van der Waals surface area (Å²) in [4.78, 5) is 0. The van der Waals surface area contributed by atoms with Crippen molar-refractivity contribution in [1.29, 1.82) is 0 Å². The van der Waals surface area contributed by atoms with Crippen LogP contribution in [0.25, 0.3) is 0 Å². The Hall–Kier alpha value is -0.170. The third-order valence-electron chi connectivity index (χ3n) is 1.18. The van der Waals surface area contributed by atoms with Crippen molar-refractivity contribution in [1.82, 2.24) is 0 Å². The third-order valence-corrected chi connectivity index (χ3v) is 2.58. The Kier molecular flexibility index (Phi) is 3.45. The van der Waals surface area contributed by atoms with Crippen LogP contribution in [0.2, 0.25) is 0 Å². The predicted molar refractivity (Wildman–Crippen MR) is 56.8 cm³/mol. The molecule has 0 aliphatic heterocycles. The second-order valence-electron chi connectivity index (χ2n) is 2.18. The molecule has 0 heterocycles. The quantitative estimate of drug-likeness (QED) is 0.833. The number of benzene rings is 1. The third kappa shape index (κ3) is 2.71. The van der Waals surface area contributed by atoms with Crippen LogP contribution >= 0.6 is 22.6 Å². The lowest BCUT2D eigenvalue weighted by Crippen LogP contribution is -2.02. The maximum absolute atomic E-state index is 12.6. The smallest absolute Gasteiger partial charge is 0.124 e. The highest BCUT2D eigenvalue weighted by Crippen LogP contribution is 2.18. The molecule has 0 aliphatic carbocycles. The van der Waals surface area contributed by atoms with Gasteiger partial charge in [-0.25, -0.2) is 8.60 Å². The zero-order chi connectivity index (χ0) is 9.14. The molecule has 1 atom stereocenters. The first-order valence-corrected chi connectivity index (χ1v) is 5.78. The van der Waals surface area contributed by atoms with Gasteiger partial charge in [0.2, 0.25) is 0 Å². The van der Waals surface area contributed by atoms with Gasteiger partial charge in [0.05, 0.1) is 5.69 Å². The Morgan fingerprint density at radius 1 is 1.58 bits per heavy atom. The molecule has 12 heavy (non-hydrogen) atoms. The van der Waals surface area contributed by atoms with Gasteiger partial charge in [-0.2, -0.15) is 0 Å². The summed E-state index contributed by atoms with van der Waals surface area (Å²) in [6.07, 6.45) is 1.53. The lowest BCUT2D eigenvalue weighted by Gasteiger charge is -2.04. The molecule has 66 valence electrons. The van der Waals surface area contributed by atoms with Crippen molar-refractivity contribution in [3.8, 4) is 0 Å². The molecular weight excluding hydrogens is 292 g/mol. The first-order valence-electron chi connectivity index (χ1n) is 3.15. The van der Waals surface area contributed by atoms with Crippen LogP contribution in [0.4, 0.5) is 10.1 Å². The lowest BCUT2D eigenvalue weighted by atomic mass is 10.3. The second kappa shape index (κ2) is 4.18. The van der Waals surface area contributed by atoms with Crippen LogP contribution in [-0.2, 0) is 11.0 Å². The number of hydrogen-bond acceptors (Lipinski definition) is 1. The van der Waals surface area contributed by atoms with E-state index in [2.05, 4.69) is 4.72 Å². The van der Waals surface area contributed by atoms with E-state index in [1.165, 1.54) is 18.4 Å². The zero-order valence-electron chi connectivity index (χ0n) is 6.30. The molecule has 0 bridgehead atoms. The van der Waals surface area contributed by atoms with E-state index in [1.807, 2.05) is 22.6 Å². The molecule has 0 spiro atoms. The largest absolute Gasteiger partial charge is 0.304 e. The summed E-state index contributed by atoms with van der Waals surface area (Å²) >= 11 is 1.98. The van der Waals surface area contributed by atoms with Crippen molar-refractivity contribution in [2.24, 2.45) is 0 Å². The molecule has 0 aromatic heterocycles. The molecule has 0 fully saturated rings. The van der Waals surface area contributed by atoms with Gasteiger partial charge >= 0.3 is 0 Å². The summed E-state index contributed by atoms with van der Waals surface area (Å²) in [6.45, 7) is 0. The van der Waals surface area contributed by atoms with Gasteiger partial charge in [-0.15, -0.1) is 0 Å². The highest BCUT2D eigenvalue weighted by atomic mass is 127. The highest BCUT2D eigenvalue weighted by Gasteiger charge is 2.01. The summed E-state index contributed by atoms with van der Waals surface area (Å²) in [5, 5.41) is 0. The second-order valence-corrected chi connectivity index (χ2v) is 4.45. The van der Waals surface area contributed by atoms with E-state index in [0.29, 0.717) is 5.69 Å². The number of rotatable bonds is 2. The zero-order valence-corrected chi connectivity index (χ0v) is 9.28. The van der Waals surface area contributed by atoms with Crippen molar-refractivity contribution < 1.29 is 8.60 Å². The minimum Gasteiger partial charge on any atom is -0.304 e. The monoisotopic (exact) mass is 299 g/mol. The van der Waals surface area contributed by atoms with Gasteiger partial charge in [0.25, 0.3) is 0 Å². The van der Waals surface area contributed by atoms with E-state index in [1.54, 1.807) is 6.07 Å². The van der Waals surface area contributed by atoms with Gasteiger partial charge in [0.1, 0.15) is 16.8 Å². The molecule has 1 unspecified atom stereocenters. The van der Waals surface area contributed by atoms with E-state index in [4.69, 9.17) is 0 Å².